The Kier molecular flexibility index (Phi) is 4.36. The van der Waals surface area contributed by atoms with Crippen molar-refractivity contribution >= 4 is 0 Å². The molecule has 2 aromatic rings. The Hall–Kier alpha value is -1.65. The molecule has 0 bridgehead atoms. The maximum atomic E-state index is 5.72. The predicted octanol–water partition coefficient (Wildman–Crippen LogP) is 2.79. The van der Waals surface area contributed by atoms with Crippen LogP contribution in [0.3, 0.4) is 0 Å². The van der Waals surface area contributed by atoms with Crippen LogP contribution in [0.15, 0.2) is 36.9 Å². The molecule has 1 saturated heterocycles. The third-order valence-corrected chi connectivity index (χ3v) is 4.06. The van der Waals surface area contributed by atoms with Crippen LogP contribution in [0.4, 0.5) is 0 Å². The van der Waals surface area contributed by atoms with Crippen LogP contribution in [0.2, 0.25) is 0 Å². The van der Waals surface area contributed by atoms with Gasteiger partial charge in [0.15, 0.2) is 0 Å². The number of hydrogen-bond donors (Lipinski definition) is 0. The maximum Gasteiger partial charge on any atom is 0.0991 e. The van der Waals surface area contributed by atoms with Gasteiger partial charge in [-0.2, -0.15) is 0 Å². The van der Waals surface area contributed by atoms with Crippen LogP contribution in [0, 0.1) is 6.92 Å². The summed E-state index contributed by atoms with van der Waals surface area (Å²) >= 11 is 0. The van der Waals surface area contributed by atoms with Crippen molar-refractivity contribution in [3.05, 3.63) is 48.0 Å². The average Bonchev–Trinajstić information content (AvgIpc) is 2.92. The lowest BCUT2D eigenvalue weighted by Gasteiger charge is -2.23. The first-order chi connectivity index (χ1) is 10.2. The summed E-state index contributed by atoms with van der Waals surface area (Å²) in [6.45, 7) is 8.37. The SMILES string of the molecule is Cc1cc(-n2ccnc2)ccc1CN1CCCOC(C)C1. The van der Waals surface area contributed by atoms with E-state index in [9.17, 15) is 0 Å². The summed E-state index contributed by atoms with van der Waals surface area (Å²) in [6.07, 6.45) is 7.07. The summed E-state index contributed by atoms with van der Waals surface area (Å²) in [5, 5.41) is 0. The van der Waals surface area contributed by atoms with Crippen molar-refractivity contribution in [2.75, 3.05) is 19.7 Å². The average molecular weight is 285 g/mol. The summed E-state index contributed by atoms with van der Waals surface area (Å²) in [5.74, 6) is 0. The minimum absolute atomic E-state index is 0.332. The predicted molar refractivity (Wildman–Crippen MR) is 83.6 cm³/mol. The minimum atomic E-state index is 0.332. The molecule has 1 aliphatic heterocycles. The van der Waals surface area contributed by atoms with Gasteiger partial charge in [-0.25, -0.2) is 4.98 Å². The number of rotatable bonds is 3. The van der Waals surface area contributed by atoms with Crippen molar-refractivity contribution in [2.45, 2.75) is 32.9 Å². The van der Waals surface area contributed by atoms with Crippen LogP contribution in [0.25, 0.3) is 5.69 Å². The van der Waals surface area contributed by atoms with Crippen LogP contribution in [-0.2, 0) is 11.3 Å². The zero-order valence-electron chi connectivity index (χ0n) is 12.8. The van der Waals surface area contributed by atoms with Gasteiger partial charge in [-0.3, -0.25) is 4.90 Å². The standard InChI is InChI=1S/C17H23N3O/c1-14-10-17(20-8-6-18-13-20)5-4-16(14)12-19-7-3-9-21-15(2)11-19/h4-6,8,10,13,15H,3,7,9,11-12H2,1-2H3. The highest BCUT2D eigenvalue weighted by Gasteiger charge is 2.15. The number of ether oxygens (including phenoxy) is 1. The van der Waals surface area contributed by atoms with Crippen molar-refractivity contribution in [1.82, 2.24) is 14.5 Å². The molecule has 1 atom stereocenters. The fourth-order valence-electron chi connectivity index (χ4n) is 2.89. The largest absolute Gasteiger partial charge is 0.377 e. The van der Waals surface area contributed by atoms with Crippen LogP contribution < -0.4 is 0 Å². The van der Waals surface area contributed by atoms with Crippen LogP contribution in [0.1, 0.15) is 24.5 Å². The molecular formula is C17H23N3O. The summed E-state index contributed by atoms with van der Waals surface area (Å²) < 4.78 is 7.76. The van der Waals surface area contributed by atoms with Crippen molar-refractivity contribution in [3.8, 4) is 5.69 Å². The molecule has 1 aromatic heterocycles. The highest BCUT2D eigenvalue weighted by Crippen LogP contribution is 2.18. The van der Waals surface area contributed by atoms with Gasteiger partial charge in [-0.15, -0.1) is 0 Å². The van der Waals surface area contributed by atoms with E-state index in [0.29, 0.717) is 6.10 Å². The maximum absolute atomic E-state index is 5.72. The molecule has 1 aliphatic rings. The fraction of sp³-hybridized carbons (Fsp3) is 0.471. The second-order valence-electron chi connectivity index (χ2n) is 5.85. The smallest absolute Gasteiger partial charge is 0.0991 e. The molecule has 4 heteroatoms. The van der Waals surface area contributed by atoms with E-state index in [1.165, 1.54) is 16.8 Å². The first kappa shape index (κ1) is 14.3. The quantitative estimate of drug-likeness (QED) is 0.868. The Balaban J connectivity index is 1.73. The number of aromatic nitrogens is 2. The third kappa shape index (κ3) is 3.52. The van der Waals surface area contributed by atoms with Crippen LogP contribution in [0.5, 0.6) is 0 Å². The number of hydrogen-bond acceptors (Lipinski definition) is 3. The van der Waals surface area contributed by atoms with E-state index >= 15 is 0 Å². The Bertz CT molecular complexity index is 580. The molecule has 1 aromatic carbocycles. The molecule has 0 aliphatic carbocycles. The first-order valence-corrected chi connectivity index (χ1v) is 7.64. The molecule has 1 fully saturated rings. The molecule has 1 unspecified atom stereocenters. The van der Waals surface area contributed by atoms with E-state index in [-0.39, 0.29) is 0 Å². The van der Waals surface area contributed by atoms with Crippen molar-refractivity contribution in [1.29, 1.82) is 0 Å². The van der Waals surface area contributed by atoms with Gasteiger partial charge in [-0.05, 0) is 43.5 Å². The Morgan fingerprint density at radius 1 is 1.38 bits per heavy atom. The van der Waals surface area contributed by atoms with Crippen molar-refractivity contribution < 1.29 is 4.74 Å². The highest BCUT2D eigenvalue weighted by atomic mass is 16.5. The van der Waals surface area contributed by atoms with E-state index in [1.807, 2.05) is 23.3 Å². The molecule has 3 rings (SSSR count). The van der Waals surface area contributed by atoms with Gasteiger partial charge in [0.05, 0.1) is 12.4 Å². The molecule has 0 saturated carbocycles. The van der Waals surface area contributed by atoms with Crippen LogP contribution in [-0.4, -0.2) is 40.3 Å². The normalized spacial score (nSPS) is 20.4. The lowest BCUT2D eigenvalue weighted by molar-refractivity contribution is 0.0668. The van der Waals surface area contributed by atoms with E-state index in [0.717, 1.165) is 32.7 Å². The Morgan fingerprint density at radius 2 is 2.29 bits per heavy atom. The monoisotopic (exact) mass is 285 g/mol. The molecule has 112 valence electrons. The number of imidazole rings is 1. The van der Waals surface area contributed by atoms with Gasteiger partial charge < -0.3 is 9.30 Å². The molecule has 0 amide bonds. The van der Waals surface area contributed by atoms with Gasteiger partial charge in [0.2, 0.25) is 0 Å². The summed E-state index contributed by atoms with van der Waals surface area (Å²) in [5.41, 5.74) is 3.90. The summed E-state index contributed by atoms with van der Waals surface area (Å²) in [6, 6.07) is 6.64. The molecule has 0 radical (unpaired) electrons. The number of benzene rings is 1. The van der Waals surface area contributed by atoms with Gasteiger partial charge in [0.25, 0.3) is 0 Å². The van der Waals surface area contributed by atoms with Gasteiger partial charge in [-0.1, -0.05) is 6.07 Å². The van der Waals surface area contributed by atoms with E-state index in [4.69, 9.17) is 4.74 Å². The van der Waals surface area contributed by atoms with Crippen molar-refractivity contribution in [2.24, 2.45) is 0 Å². The van der Waals surface area contributed by atoms with Gasteiger partial charge >= 0.3 is 0 Å². The van der Waals surface area contributed by atoms with Gasteiger partial charge in [0.1, 0.15) is 0 Å². The summed E-state index contributed by atoms with van der Waals surface area (Å²) in [7, 11) is 0. The van der Waals surface area contributed by atoms with E-state index in [1.54, 1.807) is 0 Å². The molecule has 2 heterocycles. The topological polar surface area (TPSA) is 30.3 Å². The van der Waals surface area contributed by atoms with E-state index < -0.39 is 0 Å². The summed E-state index contributed by atoms with van der Waals surface area (Å²) in [4.78, 5) is 6.60. The molecule has 0 N–H and O–H groups in total. The zero-order valence-corrected chi connectivity index (χ0v) is 12.8. The highest BCUT2D eigenvalue weighted by molar-refractivity contribution is 5.40. The molecule has 0 spiro atoms. The third-order valence-electron chi connectivity index (χ3n) is 4.06. The second kappa shape index (κ2) is 6.41. The lowest BCUT2D eigenvalue weighted by Crippen LogP contribution is -2.30. The molecule has 4 nitrogen and oxygen atoms in total. The zero-order chi connectivity index (χ0) is 14.7. The fourth-order valence-corrected chi connectivity index (χ4v) is 2.89. The minimum Gasteiger partial charge on any atom is -0.377 e. The van der Waals surface area contributed by atoms with Gasteiger partial charge in [0, 0.05) is 44.3 Å². The van der Waals surface area contributed by atoms with E-state index in [2.05, 4.69) is 41.9 Å². The molecule has 21 heavy (non-hydrogen) atoms. The second-order valence-corrected chi connectivity index (χ2v) is 5.85. The van der Waals surface area contributed by atoms with Crippen LogP contribution >= 0.6 is 0 Å². The first-order valence-electron chi connectivity index (χ1n) is 7.64. The Labute approximate surface area is 126 Å². The number of aryl methyl sites for hydroxylation is 1. The lowest BCUT2D eigenvalue weighted by atomic mass is 10.1. The Morgan fingerprint density at radius 3 is 3.05 bits per heavy atom. The number of nitrogens with zero attached hydrogens (tertiary/aromatic N) is 3. The molecular weight excluding hydrogens is 262 g/mol. The van der Waals surface area contributed by atoms with Crippen molar-refractivity contribution in [3.63, 3.8) is 0 Å².